The maximum absolute atomic E-state index is 4.26. The molecule has 0 aromatic carbocycles. The van der Waals surface area contributed by atoms with Gasteiger partial charge in [-0.25, -0.2) is 9.97 Å². The summed E-state index contributed by atoms with van der Waals surface area (Å²) >= 11 is 2.20. The molecule has 2 heterocycles. The summed E-state index contributed by atoms with van der Waals surface area (Å²) in [5, 5.41) is 0. The van der Waals surface area contributed by atoms with Crippen LogP contribution in [0.15, 0.2) is 36.9 Å². The van der Waals surface area contributed by atoms with Gasteiger partial charge < -0.3 is 0 Å². The van der Waals surface area contributed by atoms with Crippen LogP contribution in [-0.2, 0) is 12.8 Å². The van der Waals surface area contributed by atoms with E-state index in [0.717, 1.165) is 22.2 Å². The van der Waals surface area contributed by atoms with Gasteiger partial charge in [0.25, 0.3) is 0 Å². The maximum Gasteiger partial charge on any atom is 0.128 e. The van der Waals surface area contributed by atoms with Gasteiger partial charge in [0.2, 0.25) is 0 Å². The zero-order valence-electron chi connectivity index (χ0n) is 8.10. The second-order valence-electron chi connectivity index (χ2n) is 3.17. The fourth-order valence-electron chi connectivity index (χ4n) is 1.27. The summed E-state index contributed by atoms with van der Waals surface area (Å²) in [5.74, 6) is 0.896. The van der Waals surface area contributed by atoms with Gasteiger partial charge >= 0.3 is 0 Å². The highest BCUT2D eigenvalue weighted by Gasteiger charge is 1.97. The van der Waals surface area contributed by atoms with Gasteiger partial charge in [-0.3, -0.25) is 4.98 Å². The first-order chi connectivity index (χ1) is 7.34. The lowest BCUT2D eigenvalue weighted by Crippen LogP contribution is -1.97. The molecule has 0 amide bonds. The Balaban J connectivity index is 1.96. The van der Waals surface area contributed by atoms with Gasteiger partial charge in [-0.15, -0.1) is 0 Å². The highest BCUT2D eigenvalue weighted by molar-refractivity contribution is 14.1. The van der Waals surface area contributed by atoms with Crippen LogP contribution in [0.25, 0.3) is 0 Å². The summed E-state index contributed by atoms with van der Waals surface area (Å²) in [6.07, 6.45) is 9.14. The van der Waals surface area contributed by atoms with Crippen molar-refractivity contribution in [3.05, 3.63) is 51.9 Å². The molecular formula is C11H10IN3. The van der Waals surface area contributed by atoms with Crippen molar-refractivity contribution >= 4 is 22.6 Å². The van der Waals surface area contributed by atoms with E-state index >= 15 is 0 Å². The molecular weight excluding hydrogens is 301 g/mol. The molecule has 0 aliphatic heterocycles. The van der Waals surface area contributed by atoms with Crippen LogP contribution < -0.4 is 0 Å². The van der Waals surface area contributed by atoms with Crippen molar-refractivity contribution in [2.45, 2.75) is 12.8 Å². The lowest BCUT2D eigenvalue weighted by molar-refractivity contribution is 0.853. The van der Waals surface area contributed by atoms with Crippen molar-refractivity contribution in [2.24, 2.45) is 0 Å². The van der Waals surface area contributed by atoms with Crippen LogP contribution in [-0.4, -0.2) is 15.0 Å². The van der Waals surface area contributed by atoms with Crippen molar-refractivity contribution in [1.82, 2.24) is 15.0 Å². The molecule has 0 aliphatic rings. The Hall–Kier alpha value is -1.04. The molecule has 0 saturated carbocycles. The normalized spacial score (nSPS) is 10.2. The molecule has 0 N–H and O–H groups in total. The molecule has 0 atom stereocenters. The second kappa shape index (κ2) is 5.16. The monoisotopic (exact) mass is 311 g/mol. The summed E-state index contributed by atoms with van der Waals surface area (Å²) in [6.45, 7) is 0. The van der Waals surface area contributed by atoms with E-state index < -0.39 is 0 Å². The number of nitrogens with zero attached hydrogens (tertiary/aromatic N) is 3. The highest BCUT2D eigenvalue weighted by atomic mass is 127. The predicted octanol–water partition coefficient (Wildman–Crippen LogP) is 2.26. The summed E-state index contributed by atoms with van der Waals surface area (Å²) in [5.41, 5.74) is 1.27. The Kier molecular flexibility index (Phi) is 3.60. The van der Waals surface area contributed by atoms with Crippen LogP contribution in [0, 0.1) is 3.57 Å². The van der Waals surface area contributed by atoms with Crippen LogP contribution in [0.2, 0.25) is 0 Å². The third-order valence-corrected chi connectivity index (χ3v) is 2.62. The summed E-state index contributed by atoms with van der Waals surface area (Å²) in [6, 6.07) is 4.04. The number of aryl methyl sites for hydroxylation is 2. The van der Waals surface area contributed by atoms with E-state index in [1.54, 1.807) is 0 Å². The number of rotatable bonds is 3. The van der Waals surface area contributed by atoms with E-state index in [1.165, 1.54) is 5.56 Å². The molecule has 4 heteroatoms. The molecule has 15 heavy (non-hydrogen) atoms. The molecule has 3 nitrogen and oxygen atoms in total. The quantitative estimate of drug-likeness (QED) is 0.816. The largest absolute Gasteiger partial charge is 0.265 e. The maximum atomic E-state index is 4.26. The minimum absolute atomic E-state index is 0.876. The number of hydrogen-bond donors (Lipinski definition) is 0. The molecule has 2 rings (SSSR count). The van der Waals surface area contributed by atoms with Crippen molar-refractivity contribution in [3.8, 4) is 0 Å². The Morgan fingerprint density at radius 1 is 1.00 bits per heavy atom. The van der Waals surface area contributed by atoms with E-state index in [0.29, 0.717) is 0 Å². The molecule has 0 fully saturated rings. The molecule has 76 valence electrons. The molecule has 0 aliphatic carbocycles. The van der Waals surface area contributed by atoms with Crippen molar-refractivity contribution < 1.29 is 0 Å². The van der Waals surface area contributed by atoms with Gasteiger partial charge in [0, 0.05) is 34.8 Å². The second-order valence-corrected chi connectivity index (χ2v) is 4.42. The van der Waals surface area contributed by atoms with Crippen molar-refractivity contribution in [3.63, 3.8) is 0 Å². The summed E-state index contributed by atoms with van der Waals surface area (Å²) < 4.78 is 1.07. The lowest BCUT2D eigenvalue weighted by Gasteiger charge is -2.00. The summed E-state index contributed by atoms with van der Waals surface area (Å²) in [7, 11) is 0. The minimum Gasteiger partial charge on any atom is -0.265 e. The first-order valence-corrected chi connectivity index (χ1v) is 5.78. The molecule has 0 bridgehead atoms. The molecule has 2 aromatic rings. The smallest absolute Gasteiger partial charge is 0.128 e. The van der Waals surface area contributed by atoms with Gasteiger partial charge in [-0.1, -0.05) is 0 Å². The number of pyridine rings is 1. The van der Waals surface area contributed by atoms with E-state index in [-0.39, 0.29) is 0 Å². The number of halogens is 1. The highest BCUT2D eigenvalue weighted by Crippen LogP contribution is 2.04. The van der Waals surface area contributed by atoms with Gasteiger partial charge in [0.1, 0.15) is 5.82 Å². The van der Waals surface area contributed by atoms with E-state index in [2.05, 4.69) is 37.5 Å². The molecule has 2 aromatic heterocycles. The average Bonchev–Trinajstić information content (AvgIpc) is 2.30. The van der Waals surface area contributed by atoms with Crippen LogP contribution in [0.5, 0.6) is 0 Å². The lowest BCUT2D eigenvalue weighted by atomic mass is 10.1. The topological polar surface area (TPSA) is 38.7 Å². The minimum atomic E-state index is 0.876. The fraction of sp³-hybridized carbons (Fsp3) is 0.182. The first-order valence-electron chi connectivity index (χ1n) is 4.70. The van der Waals surface area contributed by atoms with E-state index in [1.807, 2.05) is 36.9 Å². The van der Waals surface area contributed by atoms with Gasteiger partial charge in [0.05, 0.1) is 0 Å². The third-order valence-electron chi connectivity index (χ3n) is 2.06. The first kappa shape index (κ1) is 10.5. The SMILES string of the molecule is Ic1cnc(CCc2ccncc2)nc1. The zero-order chi connectivity index (χ0) is 10.5. The Labute approximate surface area is 102 Å². The molecule has 0 radical (unpaired) electrons. The zero-order valence-corrected chi connectivity index (χ0v) is 10.3. The van der Waals surface area contributed by atoms with Crippen LogP contribution >= 0.6 is 22.6 Å². The van der Waals surface area contributed by atoms with Gasteiger partial charge in [0.15, 0.2) is 0 Å². The van der Waals surface area contributed by atoms with Gasteiger partial charge in [-0.2, -0.15) is 0 Å². The van der Waals surface area contributed by atoms with E-state index in [4.69, 9.17) is 0 Å². The molecule has 0 spiro atoms. The Morgan fingerprint density at radius 2 is 1.67 bits per heavy atom. The number of aromatic nitrogens is 3. The van der Waals surface area contributed by atoms with Crippen LogP contribution in [0.4, 0.5) is 0 Å². The van der Waals surface area contributed by atoms with E-state index in [9.17, 15) is 0 Å². The van der Waals surface area contributed by atoms with Crippen LogP contribution in [0.1, 0.15) is 11.4 Å². The standard InChI is InChI=1S/C11H10IN3/c12-10-7-14-11(15-8-10)2-1-9-3-5-13-6-4-9/h3-8H,1-2H2. The predicted molar refractivity (Wildman–Crippen MR) is 66.4 cm³/mol. The molecule has 0 saturated heterocycles. The fourth-order valence-corrected chi connectivity index (χ4v) is 1.55. The van der Waals surface area contributed by atoms with Crippen LogP contribution in [0.3, 0.4) is 0 Å². The van der Waals surface area contributed by atoms with Crippen molar-refractivity contribution in [1.29, 1.82) is 0 Å². The Bertz CT molecular complexity index is 414. The Morgan fingerprint density at radius 3 is 2.33 bits per heavy atom. The number of hydrogen-bond acceptors (Lipinski definition) is 3. The molecule has 0 unspecified atom stereocenters. The summed E-state index contributed by atoms with van der Waals surface area (Å²) in [4.78, 5) is 12.5. The third kappa shape index (κ3) is 3.23. The van der Waals surface area contributed by atoms with Gasteiger partial charge in [-0.05, 0) is 46.7 Å². The van der Waals surface area contributed by atoms with Crippen molar-refractivity contribution in [2.75, 3.05) is 0 Å². The average molecular weight is 311 g/mol.